The zero-order valence-corrected chi connectivity index (χ0v) is 17.5. The number of ether oxygens (including phenoxy) is 4. The maximum absolute atomic E-state index is 10.2. The number of benzene rings is 1. The molecule has 2 aromatic rings. The number of nitrogens with one attached hydrogen (secondary N) is 1. The van der Waals surface area contributed by atoms with Crippen LogP contribution in [-0.2, 0) is 25.4 Å². The van der Waals surface area contributed by atoms with Crippen LogP contribution in [0.4, 0.5) is 0 Å². The maximum Gasteiger partial charge on any atom is 0.189 e. The van der Waals surface area contributed by atoms with Gasteiger partial charge in [-0.25, -0.2) is 0 Å². The van der Waals surface area contributed by atoms with E-state index in [1.165, 1.54) is 0 Å². The smallest absolute Gasteiger partial charge is 0.189 e. The van der Waals surface area contributed by atoms with Crippen molar-refractivity contribution in [2.75, 3.05) is 13.2 Å². The van der Waals surface area contributed by atoms with Crippen LogP contribution < -0.4 is 0 Å². The molecule has 12 nitrogen and oxygen atoms in total. The molecule has 1 aromatic heterocycles. The van der Waals surface area contributed by atoms with Crippen molar-refractivity contribution in [2.45, 2.75) is 68.0 Å². The van der Waals surface area contributed by atoms with Gasteiger partial charge in [0.25, 0.3) is 0 Å². The van der Waals surface area contributed by atoms with Gasteiger partial charge in [0.15, 0.2) is 18.9 Å². The van der Waals surface area contributed by atoms with Crippen molar-refractivity contribution in [3.05, 3.63) is 36.0 Å². The fourth-order valence-corrected chi connectivity index (χ4v) is 3.97. The predicted octanol–water partition coefficient (Wildman–Crippen LogP) is -2.69. The quantitative estimate of drug-likeness (QED) is 0.209. The number of aliphatic hydroxyl groups excluding tert-OH is 7. The van der Waals surface area contributed by atoms with Gasteiger partial charge in [-0.15, -0.1) is 0 Å². The molecule has 1 aromatic carbocycles. The average Bonchev–Trinajstić information content (AvgIpc) is 3.23. The molecular weight excluding hydrogens is 442 g/mol. The van der Waals surface area contributed by atoms with Crippen LogP contribution in [0.1, 0.15) is 5.56 Å². The molecular formula is C21H29NO11. The average molecular weight is 471 g/mol. The highest BCUT2D eigenvalue weighted by Gasteiger charge is 2.47. The normalized spacial score (nSPS) is 39.7. The van der Waals surface area contributed by atoms with Gasteiger partial charge in [-0.2, -0.15) is 0 Å². The molecule has 0 amide bonds. The van der Waals surface area contributed by atoms with Gasteiger partial charge in [0.2, 0.25) is 0 Å². The van der Waals surface area contributed by atoms with E-state index in [-0.39, 0.29) is 6.61 Å². The van der Waals surface area contributed by atoms with Crippen LogP contribution in [0.15, 0.2) is 30.5 Å². The molecule has 8 N–H and O–H groups in total. The third-order valence-corrected chi connectivity index (χ3v) is 5.97. The second-order valence-corrected chi connectivity index (χ2v) is 8.20. The van der Waals surface area contributed by atoms with Gasteiger partial charge in [-0.05, 0) is 18.1 Å². The topological polar surface area (TPSA) is 194 Å². The lowest BCUT2D eigenvalue weighted by Crippen LogP contribution is -2.61. The lowest BCUT2D eigenvalue weighted by atomic mass is 9.99. The van der Waals surface area contributed by atoms with E-state index in [1.54, 1.807) is 0 Å². The first-order valence-corrected chi connectivity index (χ1v) is 10.6. The summed E-state index contributed by atoms with van der Waals surface area (Å²) in [5.74, 6) is 0. The van der Waals surface area contributed by atoms with E-state index in [2.05, 4.69) is 4.98 Å². The van der Waals surface area contributed by atoms with Gasteiger partial charge in [-0.1, -0.05) is 18.2 Å². The van der Waals surface area contributed by atoms with Crippen LogP contribution >= 0.6 is 0 Å². The van der Waals surface area contributed by atoms with Crippen LogP contribution in [0.2, 0.25) is 0 Å². The molecule has 0 unspecified atom stereocenters. The number of fused-ring (bicyclic) bond motifs is 1. The van der Waals surface area contributed by atoms with Gasteiger partial charge < -0.3 is 59.7 Å². The standard InChI is InChI=1S/C21H29NO11/c23-13-12(8-31-21-18(28)15(25)16(26)19(29)33-21)32-20(17(27)14(13)24)30-6-5-9-7-22-11-4-2-1-3-10(9)11/h1-4,7,12-29H,5-6,8H2/t12-,13-,14+,15+,16+,17-,18-,19-,20-,21+/m0/s1. The van der Waals surface area contributed by atoms with Crippen LogP contribution in [-0.4, -0.2) is 116 Å². The number of rotatable bonds is 7. The molecule has 184 valence electrons. The Morgan fingerprint density at radius 2 is 1.42 bits per heavy atom. The summed E-state index contributed by atoms with van der Waals surface area (Å²) in [6.07, 6.45) is -13.2. The summed E-state index contributed by atoms with van der Waals surface area (Å²) in [5, 5.41) is 70.5. The second kappa shape index (κ2) is 10.3. The van der Waals surface area contributed by atoms with E-state index < -0.39 is 68.2 Å². The van der Waals surface area contributed by atoms with Crippen molar-refractivity contribution >= 4 is 10.9 Å². The number of hydrogen-bond acceptors (Lipinski definition) is 11. The van der Waals surface area contributed by atoms with E-state index in [9.17, 15) is 35.7 Å². The summed E-state index contributed by atoms with van der Waals surface area (Å²) >= 11 is 0. The zero-order valence-electron chi connectivity index (χ0n) is 17.5. The fraction of sp³-hybridized carbons (Fsp3) is 0.619. The third-order valence-electron chi connectivity index (χ3n) is 5.97. The van der Waals surface area contributed by atoms with Crippen molar-refractivity contribution in [3.63, 3.8) is 0 Å². The van der Waals surface area contributed by atoms with E-state index in [1.807, 2.05) is 30.5 Å². The molecule has 4 rings (SSSR count). The SMILES string of the molecule is O[C@H]1[C@H](O)[C@@H](OCCc2c[nH]c3ccccc23)O[C@@H](CO[C@@H]2O[C@H](O)[C@H](O)[C@@H](O)[C@@H]2O)[C@@H]1O. The number of H-pyrrole nitrogens is 1. The maximum atomic E-state index is 10.2. The molecule has 10 atom stereocenters. The molecule has 2 aliphatic heterocycles. The molecule has 12 heteroatoms. The lowest BCUT2D eigenvalue weighted by molar-refractivity contribution is -0.353. The van der Waals surface area contributed by atoms with Gasteiger partial charge >= 0.3 is 0 Å². The third kappa shape index (κ3) is 5.06. The van der Waals surface area contributed by atoms with E-state index >= 15 is 0 Å². The first-order valence-electron chi connectivity index (χ1n) is 10.6. The van der Waals surface area contributed by atoms with Crippen LogP contribution in [0, 0.1) is 0 Å². The minimum atomic E-state index is -1.79. The molecule has 2 aliphatic rings. The number of hydrogen-bond donors (Lipinski definition) is 8. The number of aliphatic hydroxyl groups is 7. The summed E-state index contributed by atoms with van der Waals surface area (Å²) < 4.78 is 21.4. The van der Waals surface area contributed by atoms with Crippen molar-refractivity contribution in [1.82, 2.24) is 4.98 Å². The fourth-order valence-electron chi connectivity index (χ4n) is 3.97. The highest BCUT2D eigenvalue weighted by Crippen LogP contribution is 2.26. The summed E-state index contributed by atoms with van der Waals surface area (Å²) in [5.41, 5.74) is 1.98. The molecule has 0 aliphatic carbocycles. The Morgan fingerprint density at radius 1 is 0.758 bits per heavy atom. The van der Waals surface area contributed by atoms with E-state index in [0.29, 0.717) is 6.42 Å². The Labute approximate surface area is 188 Å². The summed E-state index contributed by atoms with van der Waals surface area (Å²) in [7, 11) is 0. The molecule has 33 heavy (non-hydrogen) atoms. The van der Waals surface area contributed by atoms with E-state index in [4.69, 9.17) is 18.9 Å². The van der Waals surface area contributed by atoms with Crippen molar-refractivity contribution in [2.24, 2.45) is 0 Å². The highest BCUT2D eigenvalue weighted by atomic mass is 16.8. The van der Waals surface area contributed by atoms with Crippen molar-refractivity contribution in [3.8, 4) is 0 Å². The minimum absolute atomic E-state index is 0.153. The molecule has 0 spiro atoms. The van der Waals surface area contributed by atoms with Crippen molar-refractivity contribution < 1.29 is 54.7 Å². The zero-order chi connectivity index (χ0) is 23.7. The number of aromatic amines is 1. The predicted molar refractivity (Wildman–Crippen MR) is 109 cm³/mol. The van der Waals surface area contributed by atoms with Crippen LogP contribution in [0.25, 0.3) is 10.9 Å². The lowest BCUT2D eigenvalue weighted by Gasteiger charge is -2.42. The monoisotopic (exact) mass is 471 g/mol. The van der Waals surface area contributed by atoms with Crippen LogP contribution in [0.5, 0.6) is 0 Å². The Kier molecular flexibility index (Phi) is 7.63. The Balaban J connectivity index is 1.33. The molecule has 2 saturated heterocycles. The van der Waals surface area contributed by atoms with Gasteiger partial charge in [-0.3, -0.25) is 0 Å². The number of para-hydroxylation sites is 1. The Hall–Kier alpha value is -1.68. The largest absolute Gasteiger partial charge is 0.387 e. The van der Waals surface area contributed by atoms with Gasteiger partial charge in [0.1, 0.15) is 42.7 Å². The van der Waals surface area contributed by atoms with Gasteiger partial charge in [0, 0.05) is 17.1 Å². The highest BCUT2D eigenvalue weighted by molar-refractivity contribution is 5.83. The Morgan fingerprint density at radius 3 is 2.18 bits per heavy atom. The van der Waals surface area contributed by atoms with Crippen LogP contribution in [0.3, 0.4) is 0 Å². The molecule has 0 radical (unpaired) electrons. The Bertz CT molecular complexity index is 909. The van der Waals surface area contributed by atoms with Crippen molar-refractivity contribution in [1.29, 1.82) is 0 Å². The molecule has 0 bridgehead atoms. The number of aromatic nitrogens is 1. The molecule has 3 heterocycles. The molecule has 2 fully saturated rings. The summed E-state index contributed by atoms with van der Waals surface area (Å²) in [6, 6.07) is 7.75. The minimum Gasteiger partial charge on any atom is -0.387 e. The summed E-state index contributed by atoms with van der Waals surface area (Å²) in [6.45, 7) is -0.287. The first kappa shape index (κ1) is 24.4. The van der Waals surface area contributed by atoms with Gasteiger partial charge in [0.05, 0.1) is 13.2 Å². The second-order valence-electron chi connectivity index (χ2n) is 8.20. The van der Waals surface area contributed by atoms with E-state index in [0.717, 1.165) is 16.5 Å². The molecule has 0 saturated carbocycles. The summed E-state index contributed by atoms with van der Waals surface area (Å²) in [4.78, 5) is 3.16. The first-order chi connectivity index (χ1) is 15.8.